The summed E-state index contributed by atoms with van der Waals surface area (Å²) >= 11 is 0. The average molecular weight is 306 g/mol. The summed E-state index contributed by atoms with van der Waals surface area (Å²) in [4.78, 5) is 12.3. The van der Waals surface area contributed by atoms with E-state index in [2.05, 4.69) is 5.32 Å². The van der Waals surface area contributed by atoms with Crippen LogP contribution in [0.5, 0.6) is 0 Å². The Bertz CT molecular complexity index is 492. The van der Waals surface area contributed by atoms with Crippen molar-refractivity contribution in [3.8, 4) is 0 Å². The van der Waals surface area contributed by atoms with Crippen molar-refractivity contribution in [2.24, 2.45) is 17.6 Å². The minimum Gasteiger partial charge on any atom is -0.353 e. The lowest BCUT2D eigenvalue weighted by Gasteiger charge is -2.32. The molecular formula is C18H27FN2O. The maximum Gasteiger partial charge on any atom is 0.223 e. The van der Waals surface area contributed by atoms with Crippen LogP contribution in [0, 0.1) is 17.7 Å². The number of hydrogen-bond acceptors (Lipinski definition) is 2. The molecule has 0 saturated heterocycles. The van der Waals surface area contributed by atoms with Crippen LogP contribution < -0.4 is 11.1 Å². The van der Waals surface area contributed by atoms with E-state index in [-0.39, 0.29) is 23.7 Å². The first-order chi connectivity index (χ1) is 10.6. The van der Waals surface area contributed by atoms with Crippen molar-refractivity contribution in [2.75, 3.05) is 6.54 Å². The molecule has 0 bridgehead atoms. The number of nitrogens with two attached hydrogens (primary N) is 1. The molecule has 3 unspecified atom stereocenters. The van der Waals surface area contributed by atoms with E-state index in [0.29, 0.717) is 30.9 Å². The molecular weight excluding hydrogens is 279 g/mol. The number of benzene rings is 1. The highest BCUT2D eigenvalue weighted by Gasteiger charge is 2.26. The van der Waals surface area contributed by atoms with Gasteiger partial charge < -0.3 is 11.1 Å². The Morgan fingerprint density at radius 3 is 2.82 bits per heavy atom. The Labute approximate surface area is 132 Å². The summed E-state index contributed by atoms with van der Waals surface area (Å²) in [6.07, 6.45) is 5.74. The normalized spacial score (nSPS) is 23.0. The smallest absolute Gasteiger partial charge is 0.223 e. The van der Waals surface area contributed by atoms with Gasteiger partial charge in [-0.15, -0.1) is 0 Å². The zero-order chi connectivity index (χ0) is 15.9. The molecule has 0 radical (unpaired) electrons. The van der Waals surface area contributed by atoms with E-state index in [4.69, 9.17) is 5.73 Å². The lowest BCUT2D eigenvalue weighted by atomic mass is 9.84. The van der Waals surface area contributed by atoms with Gasteiger partial charge in [0.05, 0.1) is 0 Å². The van der Waals surface area contributed by atoms with Crippen LogP contribution in [0.3, 0.4) is 0 Å². The fourth-order valence-corrected chi connectivity index (χ4v) is 3.21. The van der Waals surface area contributed by atoms with Crippen LogP contribution in [0.2, 0.25) is 0 Å². The summed E-state index contributed by atoms with van der Waals surface area (Å²) in [6, 6.07) is 6.98. The molecule has 1 amide bonds. The Kier molecular flexibility index (Phi) is 6.37. The Morgan fingerprint density at radius 1 is 1.36 bits per heavy atom. The monoisotopic (exact) mass is 306 g/mol. The van der Waals surface area contributed by atoms with E-state index in [9.17, 15) is 9.18 Å². The molecule has 1 fully saturated rings. The third-order valence-corrected chi connectivity index (χ3v) is 4.79. The molecule has 22 heavy (non-hydrogen) atoms. The highest BCUT2D eigenvalue weighted by molar-refractivity contribution is 5.78. The fourth-order valence-electron chi connectivity index (χ4n) is 3.21. The number of nitrogens with one attached hydrogen (secondary N) is 1. The van der Waals surface area contributed by atoms with Crippen molar-refractivity contribution in [2.45, 2.75) is 51.5 Å². The number of hydrogen-bond donors (Lipinski definition) is 2. The molecule has 3 atom stereocenters. The van der Waals surface area contributed by atoms with Crippen molar-refractivity contribution >= 4 is 5.91 Å². The molecule has 4 heteroatoms. The number of halogens is 1. The van der Waals surface area contributed by atoms with Crippen molar-refractivity contribution in [3.05, 3.63) is 35.6 Å². The SMILES string of the molecule is CC(CCc1ccccc1F)C(=O)NC1CCCCC1CN. The Balaban J connectivity index is 1.83. The van der Waals surface area contributed by atoms with Gasteiger partial charge in [0.1, 0.15) is 5.82 Å². The molecule has 2 rings (SSSR count). The molecule has 0 aliphatic heterocycles. The van der Waals surface area contributed by atoms with Crippen molar-refractivity contribution in [3.63, 3.8) is 0 Å². The highest BCUT2D eigenvalue weighted by Crippen LogP contribution is 2.24. The van der Waals surface area contributed by atoms with Gasteiger partial charge in [0.25, 0.3) is 0 Å². The van der Waals surface area contributed by atoms with Gasteiger partial charge >= 0.3 is 0 Å². The predicted molar refractivity (Wildman–Crippen MR) is 86.8 cm³/mol. The minimum atomic E-state index is -0.189. The van der Waals surface area contributed by atoms with Gasteiger partial charge in [-0.2, -0.15) is 0 Å². The molecule has 0 heterocycles. The van der Waals surface area contributed by atoms with E-state index in [1.807, 2.05) is 13.0 Å². The lowest BCUT2D eigenvalue weighted by Crippen LogP contribution is -2.46. The third kappa shape index (κ3) is 4.54. The van der Waals surface area contributed by atoms with Crippen LogP contribution in [0.1, 0.15) is 44.6 Å². The van der Waals surface area contributed by atoms with Crippen LogP contribution in [0.25, 0.3) is 0 Å². The maximum atomic E-state index is 13.6. The Hall–Kier alpha value is -1.42. The van der Waals surface area contributed by atoms with Crippen LogP contribution in [0.15, 0.2) is 24.3 Å². The molecule has 3 N–H and O–H groups in total. The molecule has 1 aliphatic carbocycles. The first-order valence-corrected chi connectivity index (χ1v) is 8.35. The summed E-state index contributed by atoms with van der Waals surface area (Å²) in [5, 5.41) is 3.16. The van der Waals surface area contributed by atoms with Gasteiger partial charge in [-0.1, -0.05) is 38.0 Å². The maximum absolute atomic E-state index is 13.6. The summed E-state index contributed by atoms with van der Waals surface area (Å²) in [6.45, 7) is 2.55. The first kappa shape index (κ1) is 16.9. The fraction of sp³-hybridized carbons (Fsp3) is 0.611. The highest BCUT2D eigenvalue weighted by atomic mass is 19.1. The van der Waals surface area contributed by atoms with Crippen LogP contribution in [0.4, 0.5) is 4.39 Å². The van der Waals surface area contributed by atoms with E-state index in [0.717, 1.165) is 19.3 Å². The van der Waals surface area contributed by atoms with Gasteiger partial charge in [0.2, 0.25) is 5.91 Å². The third-order valence-electron chi connectivity index (χ3n) is 4.79. The summed E-state index contributed by atoms with van der Waals surface area (Å²) in [5.41, 5.74) is 6.48. The standard InChI is InChI=1S/C18H27FN2O/c1-13(10-11-14-6-2-4-8-16(14)19)18(22)21-17-9-5-3-7-15(17)12-20/h2,4,6,8,13,15,17H,3,5,7,9-12,20H2,1H3,(H,21,22). The lowest BCUT2D eigenvalue weighted by molar-refractivity contribution is -0.126. The second kappa shape index (κ2) is 8.28. The number of rotatable bonds is 6. The Morgan fingerprint density at radius 2 is 2.09 bits per heavy atom. The molecule has 1 aromatic carbocycles. The van der Waals surface area contributed by atoms with Gasteiger partial charge in [-0.25, -0.2) is 4.39 Å². The van der Waals surface area contributed by atoms with E-state index < -0.39 is 0 Å². The van der Waals surface area contributed by atoms with Crippen LogP contribution in [-0.4, -0.2) is 18.5 Å². The molecule has 1 aliphatic rings. The van der Waals surface area contributed by atoms with Crippen LogP contribution >= 0.6 is 0 Å². The first-order valence-electron chi connectivity index (χ1n) is 8.35. The van der Waals surface area contributed by atoms with Crippen molar-refractivity contribution in [1.29, 1.82) is 0 Å². The molecule has 1 aromatic rings. The topological polar surface area (TPSA) is 55.1 Å². The average Bonchev–Trinajstić information content (AvgIpc) is 2.54. The van der Waals surface area contributed by atoms with E-state index in [1.165, 1.54) is 12.5 Å². The number of aryl methyl sites for hydroxylation is 1. The summed E-state index contributed by atoms with van der Waals surface area (Å²) < 4.78 is 13.6. The number of amides is 1. The molecule has 0 aromatic heterocycles. The second-order valence-corrected chi connectivity index (χ2v) is 6.43. The summed E-state index contributed by atoms with van der Waals surface area (Å²) in [5.74, 6) is 0.170. The van der Waals surface area contributed by atoms with Crippen molar-refractivity contribution < 1.29 is 9.18 Å². The van der Waals surface area contributed by atoms with Crippen LogP contribution in [-0.2, 0) is 11.2 Å². The number of carbonyl (C=O) groups excluding carboxylic acids is 1. The van der Waals surface area contributed by atoms with Crippen molar-refractivity contribution in [1.82, 2.24) is 5.32 Å². The molecule has 0 spiro atoms. The molecule has 3 nitrogen and oxygen atoms in total. The van der Waals surface area contributed by atoms with E-state index >= 15 is 0 Å². The van der Waals surface area contributed by atoms with Gasteiger partial charge in [-0.05, 0) is 49.8 Å². The summed E-state index contributed by atoms with van der Waals surface area (Å²) in [7, 11) is 0. The molecule has 122 valence electrons. The van der Waals surface area contributed by atoms with Gasteiger partial charge in [-0.3, -0.25) is 4.79 Å². The largest absolute Gasteiger partial charge is 0.353 e. The zero-order valence-corrected chi connectivity index (χ0v) is 13.4. The van der Waals surface area contributed by atoms with E-state index in [1.54, 1.807) is 12.1 Å². The van der Waals surface area contributed by atoms with Gasteiger partial charge in [0.15, 0.2) is 0 Å². The number of carbonyl (C=O) groups is 1. The quantitative estimate of drug-likeness (QED) is 0.849. The second-order valence-electron chi connectivity index (χ2n) is 6.43. The zero-order valence-electron chi connectivity index (χ0n) is 13.4. The predicted octanol–water partition coefficient (Wildman–Crippen LogP) is 3.03. The molecule has 1 saturated carbocycles. The minimum absolute atomic E-state index is 0.0710. The van der Waals surface area contributed by atoms with Gasteiger partial charge in [0, 0.05) is 12.0 Å².